The van der Waals surface area contributed by atoms with Gasteiger partial charge >= 0.3 is 0 Å². The van der Waals surface area contributed by atoms with E-state index in [4.69, 9.17) is 5.73 Å². The summed E-state index contributed by atoms with van der Waals surface area (Å²) >= 11 is 0. The Kier molecular flexibility index (Phi) is 3.05. The number of aryl methyl sites for hydroxylation is 1. The molecule has 0 amide bonds. The Morgan fingerprint density at radius 2 is 1.89 bits per heavy atom. The number of nitrogens with two attached hydrogens (primary N) is 1. The maximum absolute atomic E-state index is 5.65. The molecule has 3 rings (SSSR count). The number of hydrogen-bond donors (Lipinski definition) is 1. The molecule has 0 aliphatic rings. The van der Waals surface area contributed by atoms with E-state index in [0.29, 0.717) is 6.54 Å². The molecule has 0 spiro atoms. The van der Waals surface area contributed by atoms with Crippen LogP contribution in [0.1, 0.15) is 18.1 Å². The summed E-state index contributed by atoms with van der Waals surface area (Å²) in [4.78, 5) is 4.65. The van der Waals surface area contributed by atoms with Crippen molar-refractivity contribution >= 4 is 5.65 Å². The molecule has 19 heavy (non-hydrogen) atoms. The van der Waals surface area contributed by atoms with Crippen molar-refractivity contribution < 1.29 is 0 Å². The summed E-state index contributed by atoms with van der Waals surface area (Å²) in [6.07, 6.45) is 5.12. The fraction of sp³-hybridized carbons (Fsp3) is 0.188. The Balaban J connectivity index is 2.04. The van der Waals surface area contributed by atoms with Crippen molar-refractivity contribution in [2.75, 3.05) is 0 Å². The molecule has 3 heteroatoms. The minimum absolute atomic E-state index is 0.546. The highest BCUT2D eigenvalue weighted by Gasteiger charge is 2.04. The topological polar surface area (TPSA) is 43.3 Å². The zero-order chi connectivity index (χ0) is 13.2. The van der Waals surface area contributed by atoms with E-state index in [1.54, 1.807) is 0 Å². The lowest BCUT2D eigenvalue weighted by atomic mass is 10.1. The van der Waals surface area contributed by atoms with E-state index in [1.807, 2.05) is 22.7 Å². The van der Waals surface area contributed by atoms with Crippen LogP contribution in [-0.2, 0) is 13.0 Å². The van der Waals surface area contributed by atoms with Crippen molar-refractivity contribution in [3.05, 3.63) is 59.9 Å². The molecule has 3 nitrogen and oxygen atoms in total. The van der Waals surface area contributed by atoms with Gasteiger partial charge in [-0.15, -0.1) is 0 Å². The normalized spacial score (nSPS) is 11.1. The van der Waals surface area contributed by atoms with E-state index in [1.165, 1.54) is 5.56 Å². The van der Waals surface area contributed by atoms with Crippen LogP contribution in [0.5, 0.6) is 0 Å². The van der Waals surface area contributed by atoms with Gasteiger partial charge in [0.15, 0.2) is 0 Å². The van der Waals surface area contributed by atoms with Gasteiger partial charge in [-0.25, -0.2) is 4.98 Å². The van der Waals surface area contributed by atoms with Crippen molar-refractivity contribution in [3.63, 3.8) is 0 Å². The molecule has 2 N–H and O–H groups in total. The first-order valence-corrected chi connectivity index (χ1v) is 6.57. The van der Waals surface area contributed by atoms with Crippen molar-refractivity contribution in [2.24, 2.45) is 5.73 Å². The predicted octanol–water partition coefficient (Wildman–Crippen LogP) is 3.02. The van der Waals surface area contributed by atoms with Crippen LogP contribution < -0.4 is 5.73 Å². The lowest BCUT2D eigenvalue weighted by Gasteiger charge is -1.98. The summed E-state index contributed by atoms with van der Waals surface area (Å²) in [6, 6.07) is 12.6. The lowest BCUT2D eigenvalue weighted by molar-refractivity contribution is 1.05. The third-order valence-electron chi connectivity index (χ3n) is 3.42. The number of rotatable bonds is 3. The first kappa shape index (κ1) is 11.9. The van der Waals surface area contributed by atoms with E-state index in [0.717, 1.165) is 28.9 Å². The van der Waals surface area contributed by atoms with Gasteiger partial charge in [0, 0.05) is 24.5 Å². The number of imidazole rings is 1. The number of aromatic nitrogens is 2. The Hall–Kier alpha value is -2.13. The summed E-state index contributed by atoms with van der Waals surface area (Å²) in [6.45, 7) is 2.71. The highest BCUT2D eigenvalue weighted by molar-refractivity contribution is 5.63. The first-order chi connectivity index (χ1) is 9.30. The van der Waals surface area contributed by atoms with Gasteiger partial charge in [-0.05, 0) is 29.7 Å². The van der Waals surface area contributed by atoms with Gasteiger partial charge in [-0.3, -0.25) is 0 Å². The average Bonchev–Trinajstić information content (AvgIpc) is 2.90. The van der Waals surface area contributed by atoms with E-state index in [2.05, 4.69) is 42.4 Å². The molecule has 1 aromatic carbocycles. The van der Waals surface area contributed by atoms with Gasteiger partial charge in [-0.1, -0.05) is 31.2 Å². The van der Waals surface area contributed by atoms with Crippen LogP contribution in [0.4, 0.5) is 0 Å². The zero-order valence-corrected chi connectivity index (χ0v) is 11.0. The second kappa shape index (κ2) is 4.86. The van der Waals surface area contributed by atoms with Gasteiger partial charge in [0.25, 0.3) is 0 Å². The zero-order valence-electron chi connectivity index (χ0n) is 11.0. The van der Waals surface area contributed by atoms with E-state index in [9.17, 15) is 0 Å². The summed E-state index contributed by atoms with van der Waals surface area (Å²) in [7, 11) is 0. The highest BCUT2D eigenvalue weighted by Crippen LogP contribution is 2.20. The van der Waals surface area contributed by atoms with Gasteiger partial charge in [0.05, 0.1) is 5.69 Å². The van der Waals surface area contributed by atoms with Gasteiger partial charge in [0.2, 0.25) is 0 Å². The fourth-order valence-corrected chi connectivity index (χ4v) is 2.20. The van der Waals surface area contributed by atoms with Crippen LogP contribution >= 0.6 is 0 Å². The summed E-state index contributed by atoms with van der Waals surface area (Å²) in [5, 5.41) is 0. The molecule has 2 aromatic heterocycles. The Morgan fingerprint density at radius 3 is 2.58 bits per heavy atom. The Bertz CT molecular complexity index is 696. The van der Waals surface area contributed by atoms with Crippen LogP contribution in [0.2, 0.25) is 0 Å². The standard InChI is InChI=1S/C16H17N3/c1-2-12-3-5-14(6-4-12)15-11-19-8-7-13(10-17)9-16(19)18-15/h3-9,11H,2,10,17H2,1H3. The molecule has 0 radical (unpaired) electrons. The number of fused-ring (bicyclic) bond motifs is 1. The van der Waals surface area contributed by atoms with Gasteiger partial charge in [0.1, 0.15) is 5.65 Å². The molecule has 96 valence electrons. The van der Waals surface area contributed by atoms with Crippen molar-refractivity contribution in [1.29, 1.82) is 0 Å². The predicted molar refractivity (Wildman–Crippen MR) is 77.9 cm³/mol. The third-order valence-corrected chi connectivity index (χ3v) is 3.42. The van der Waals surface area contributed by atoms with Crippen LogP contribution in [-0.4, -0.2) is 9.38 Å². The quantitative estimate of drug-likeness (QED) is 0.777. The second-order valence-corrected chi connectivity index (χ2v) is 4.68. The van der Waals surface area contributed by atoms with Crippen molar-refractivity contribution in [3.8, 4) is 11.3 Å². The summed E-state index contributed by atoms with van der Waals surface area (Å²) < 4.78 is 2.03. The monoisotopic (exact) mass is 251 g/mol. The van der Waals surface area contributed by atoms with E-state index in [-0.39, 0.29) is 0 Å². The molecule has 0 fully saturated rings. The molecule has 0 unspecified atom stereocenters. The van der Waals surface area contributed by atoms with E-state index < -0.39 is 0 Å². The SMILES string of the molecule is CCc1ccc(-c2cn3ccc(CN)cc3n2)cc1. The number of pyridine rings is 1. The van der Waals surface area contributed by atoms with Crippen molar-refractivity contribution in [2.45, 2.75) is 19.9 Å². The smallest absolute Gasteiger partial charge is 0.137 e. The maximum atomic E-state index is 5.65. The van der Waals surface area contributed by atoms with Crippen LogP contribution in [0.15, 0.2) is 48.8 Å². The average molecular weight is 251 g/mol. The van der Waals surface area contributed by atoms with Crippen molar-refractivity contribution in [1.82, 2.24) is 9.38 Å². The second-order valence-electron chi connectivity index (χ2n) is 4.68. The molecular formula is C16H17N3. The summed E-state index contributed by atoms with van der Waals surface area (Å²) in [5.41, 5.74) is 11.2. The molecule has 0 aliphatic heterocycles. The minimum Gasteiger partial charge on any atom is -0.326 e. The molecule has 0 saturated heterocycles. The Morgan fingerprint density at radius 1 is 1.11 bits per heavy atom. The van der Waals surface area contributed by atoms with Gasteiger partial charge in [-0.2, -0.15) is 0 Å². The summed E-state index contributed by atoms with van der Waals surface area (Å²) in [5.74, 6) is 0. The van der Waals surface area contributed by atoms with Gasteiger partial charge < -0.3 is 10.1 Å². The number of nitrogens with zero attached hydrogens (tertiary/aromatic N) is 2. The maximum Gasteiger partial charge on any atom is 0.137 e. The molecule has 3 aromatic rings. The molecule has 0 saturated carbocycles. The highest BCUT2D eigenvalue weighted by atomic mass is 15.0. The molecule has 2 heterocycles. The molecule has 0 atom stereocenters. The minimum atomic E-state index is 0.546. The fourth-order valence-electron chi connectivity index (χ4n) is 2.20. The molecular weight excluding hydrogens is 234 g/mol. The van der Waals surface area contributed by atoms with Crippen LogP contribution in [0, 0.1) is 0 Å². The molecule has 0 bridgehead atoms. The van der Waals surface area contributed by atoms with E-state index >= 15 is 0 Å². The molecule has 0 aliphatic carbocycles. The largest absolute Gasteiger partial charge is 0.326 e. The lowest BCUT2D eigenvalue weighted by Crippen LogP contribution is -1.96. The number of benzene rings is 1. The van der Waals surface area contributed by atoms with Crippen LogP contribution in [0.25, 0.3) is 16.9 Å². The number of hydrogen-bond acceptors (Lipinski definition) is 2. The van der Waals surface area contributed by atoms with Crippen LogP contribution in [0.3, 0.4) is 0 Å². The third kappa shape index (κ3) is 2.25. The Labute approximate surface area is 112 Å². The first-order valence-electron chi connectivity index (χ1n) is 6.57.